The van der Waals surface area contributed by atoms with Gasteiger partial charge in [-0.3, -0.25) is 0 Å². The number of anilines is 1. The Labute approximate surface area is 118 Å². The van der Waals surface area contributed by atoms with E-state index in [2.05, 4.69) is 10.3 Å². The lowest BCUT2D eigenvalue weighted by Gasteiger charge is -2.21. The molecule has 3 unspecified atom stereocenters. The fourth-order valence-corrected chi connectivity index (χ4v) is 3.02. The molecule has 2 aliphatic rings. The first-order chi connectivity index (χ1) is 9.52. The van der Waals surface area contributed by atoms with E-state index in [0.717, 1.165) is 25.0 Å². The summed E-state index contributed by atoms with van der Waals surface area (Å²) in [5.41, 5.74) is 1.09. The average molecular weight is 276 g/mol. The average Bonchev–Trinajstić information content (AvgIpc) is 3.00. The van der Waals surface area contributed by atoms with Gasteiger partial charge in [0.1, 0.15) is 5.82 Å². The molecule has 0 aromatic carbocycles. The van der Waals surface area contributed by atoms with Gasteiger partial charge in [-0.25, -0.2) is 9.78 Å². The van der Waals surface area contributed by atoms with Gasteiger partial charge in [-0.05, 0) is 37.3 Å². The number of nitrogens with zero attached hydrogens (tertiary/aromatic N) is 1. The second kappa shape index (κ2) is 5.05. The van der Waals surface area contributed by atoms with Crippen molar-refractivity contribution in [1.82, 2.24) is 4.98 Å². The predicted molar refractivity (Wildman–Crippen MR) is 75.2 cm³/mol. The van der Waals surface area contributed by atoms with Crippen LogP contribution in [0.4, 0.5) is 5.82 Å². The second-order valence-electron chi connectivity index (χ2n) is 5.99. The Balaban J connectivity index is 1.83. The molecule has 3 heterocycles. The van der Waals surface area contributed by atoms with Crippen LogP contribution in [0.15, 0.2) is 12.1 Å². The Morgan fingerprint density at radius 1 is 1.45 bits per heavy atom. The summed E-state index contributed by atoms with van der Waals surface area (Å²) >= 11 is 0. The summed E-state index contributed by atoms with van der Waals surface area (Å²) < 4.78 is 5.81. The summed E-state index contributed by atoms with van der Waals surface area (Å²) in [7, 11) is 0. The van der Waals surface area contributed by atoms with Gasteiger partial charge < -0.3 is 15.2 Å². The number of nitrogens with one attached hydrogen (secondary N) is 1. The summed E-state index contributed by atoms with van der Waals surface area (Å²) in [6.45, 7) is 4.02. The van der Waals surface area contributed by atoms with E-state index in [-0.39, 0.29) is 23.6 Å². The van der Waals surface area contributed by atoms with Gasteiger partial charge in [0, 0.05) is 5.69 Å². The fraction of sp³-hybridized carbons (Fsp3) is 0.600. The quantitative estimate of drug-likeness (QED) is 0.884. The van der Waals surface area contributed by atoms with Crippen molar-refractivity contribution >= 4 is 11.8 Å². The van der Waals surface area contributed by atoms with Crippen molar-refractivity contribution in [2.45, 2.75) is 57.3 Å². The smallest absolute Gasteiger partial charge is 0.335 e. The Morgan fingerprint density at radius 3 is 2.80 bits per heavy atom. The zero-order chi connectivity index (χ0) is 14.3. The minimum absolute atomic E-state index is 0.200. The van der Waals surface area contributed by atoms with Crippen molar-refractivity contribution < 1.29 is 14.6 Å². The molecule has 1 aromatic rings. The lowest BCUT2D eigenvalue weighted by molar-refractivity contribution is 0.0696. The number of carboxylic acid groups (broad SMARTS) is 1. The maximum atomic E-state index is 11.2. The molecule has 2 aliphatic heterocycles. The van der Waals surface area contributed by atoms with Crippen LogP contribution in [-0.4, -0.2) is 34.3 Å². The van der Waals surface area contributed by atoms with E-state index in [0.29, 0.717) is 11.9 Å². The molecule has 3 rings (SSSR count). The van der Waals surface area contributed by atoms with Crippen molar-refractivity contribution in [1.29, 1.82) is 0 Å². The zero-order valence-corrected chi connectivity index (χ0v) is 11.8. The van der Waals surface area contributed by atoms with Crippen LogP contribution in [0.1, 0.15) is 55.1 Å². The lowest BCUT2D eigenvalue weighted by atomic mass is 9.95. The van der Waals surface area contributed by atoms with E-state index in [4.69, 9.17) is 4.74 Å². The summed E-state index contributed by atoms with van der Waals surface area (Å²) in [6, 6.07) is 3.51. The highest BCUT2D eigenvalue weighted by atomic mass is 16.5. The number of rotatable bonds is 4. The second-order valence-corrected chi connectivity index (χ2v) is 5.99. The first-order valence-corrected chi connectivity index (χ1v) is 7.20. The Kier molecular flexibility index (Phi) is 3.38. The molecule has 2 saturated heterocycles. The predicted octanol–water partition coefficient (Wildman–Crippen LogP) is 2.64. The van der Waals surface area contributed by atoms with Gasteiger partial charge in [-0.1, -0.05) is 13.8 Å². The molecule has 20 heavy (non-hydrogen) atoms. The molecule has 0 saturated carbocycles. The van der Waals surface area contributed by atoms with Crippen molar-refractivity contribution in [3.8, 4) is 0 Å². The van der Waals surface area contributed by atoms with Crippen LogP contribution >= 0.6 is 0 Å². The number of aromatic nitrogens is 1. The lowest BCUT2D eigenvalue weighted by Crippen LogP contribution is -2.31. The molecule has 108 valence electrons. The number of carbonyl (C=O) groups is 1. The standard InChI is InChI=1S/C15H20N2O3/c1-8(2)11-5-9(15(18)19)6-14(16-11)17-12-7-10-3-4-13(12)20-10/h5-6,8,10,12-13H,3-4,7H2,1-2H3,(H,16,17)(H,18,19). The normalized spacial score (nSPS) is 28.1. The molecule has 5 nitrogen and oxygen atoms in total. The van der Waals surface area contributed by atoms with Crippen molar-refractivity contribution in [3.05, 3.63) is 23.4 Å². The van der Waals surface area contributed by atoms with Crippen LogP contribution in [0, 0.1) is 0 Å². The van der Waals surface area contributed by atoms with Gasteiger partial charge in [0.25, 0.3) is 0 Å². The molecule has 2 fully saturated rings. The van der Waals surface area contributed by atoms with Crippen LogP contribution < -0.4 is 5.32 Å². The minimum Gasteiger partial charge on any atom is -0.478 e. The van der Waals surface area contributed by atoms with E-state index in [1.807, 2.05) is 13.8 Å². The molecular weight excluding hydrogens is 256 g/mol. The number of ether oxygens (including phenoxy) is 1. The van der Waals surface area contributed by atoms with Crippen molar-refractivity contribution in [2.75, 3.05) is 5.32 Å². The Hall–Kier alpha value is -1.62. The molecule has 5 heteroatoms. The van der Waals surface area contributed by atoms with Gasteiger partial charge in [-0.15, -0.1) is 0 Å². The number of hydrogen-bond donors (Lipinski definition) is 2. The third kappa shape index (κ3) is 2.50. The van der Waals surface area contributed by atoms with Gasteiger partial charge in [0.05, 0.1) is 23.8 Å². The third-order valence-corrected chi connectivity index (χ3v) is 4.12. The highest BCUT2D eigenvalue weighted by Gasteiger charge is 2.40. The topological polar surface area (TPSA) is 71.5 Å². The van der Waals surface area contributed by atoms with Crippen LogP contribution in [0.25, 0.3) is 0 Å². The van der Waals surface area contributed by atoms with Gasteiger partial charge in [-0.2, -0.15) is 0 Å². The molecular formula is C15H20N2O3. The van der Waals surface area contributed by atoms with Gasteiger partial charge in [0.15, 0.2) is 0 Å². The first-order valence-electron chi connectivity index (χ1n) is 7.20. The van der Waals surface area contributed by atoms with Crippen LogP contribution in [0.3, 0.4) is 0 Å². The van der Waals surface area contributed by atoms with E-state index in [1.54, 1.807) is 12.1 Å². The van der Waals surface area contributed by atoms with E-state index in [1.165, 1.54) is 0 Å². The van der Waals surface area contributed by atoms with Gasteiger partial charge >= 0.3 is 5.97 Å². The van der Waals surface area contributed by atoms with Crippen molar-refractivity contribution in [2.24, 2.45) is 0 Å². The van der Waals surface area contributed by atoms with Crippen molar-refractivity contribution in [3.63, 3.8) is 0 Å². The van der Waals surface area contributed by atoms with Crippen LogP contribution in [0.5, 0.6) is 0 Å². The monoisotopic (exact) mass is 276 g/mol. The summed E-state index contributed by atoms with van der Waals surface area (Å²) in [4.78, 5) is 15.7. The molecule has 1 aromatic heterocycles. The number of fused-ring (bicyclic) bond motifs is 2. The molecule has 0 amide bonds. The zero-order valence-electron chi connectivity index (χ0n) is 11.8. The van der Waals surface area contributed by atoms with Crippen LogP contribution in [-0.2, 0) is 4.74 Å². The maximum Gasteiger partial charge on any atom is 0.335 e. The Morgan fingerprint density at radius 2 is 2.25 bits per heavy atom. The molecule has 0 radical (unpaired) electrons. The first kappa shape index (κ1) is 13.4. The summed E-state index contributed by atoms with van der Waals surface area (Å²) in [5.74, 6) is -0.0672. The summed E-state index contributed by atoms with van der Waals surface area (Å²) in [5, 5.41) is 12.6. The minimum atomic E-state index is -0.915. The highest BCUT2D eigenvalue weighted by molar-refractivity contribution is 5.88. The summed E-state index contributed by atoms with van der Waals surface area (Å²) in [6.07, 6.45) is 3.82. The maximum absolute atomic E-state index is 11.2. The third-order valence-electron chi connectivity index (χ3n) is 4.12. The van der Waals surface area contributed by atoms with E-state index < -0.39 is 5.97 Å². The number of aromatic carboxylic acids is 1. The SMILES string of the molecule is CC(C)c1cc(C(=O)O)cc(NC2CC3CCC2O3)n1. The van der Waals surface area contributed by atoms with Crippen LogP contribution in [0.2, 0.25) is 0 Å². The molecule has 0 aliphatic carbocycles. The van der Waals surface area contributed by atoms with E-state index >= 15 is 0 Å². The molecule has 2 bridgehead atoms. The largest absolute Gasteiger partial charge is 0.478 e. The number of carboxylic acids is 1. The fourth-order valence-electron chi connectivity index (χ4n) is 3.02. The molecule has 3 atom stereocenters. The van der Waals surface area contributed by atoms with Gasteiger partial charge in [0.2, 0.25) is 0 Å². The number of hydrogen-bond acceptors (Lipinski definition) is 4. The highest BCUT2D eigenvalue weighted by Crippen LogP contribution is 2.36. The molecule has 2 N–H and O–H groups in total. The molecule has 0 spiro atoms. The Bertz CT molecular complexity index is 530. The number of pyridine rings is 1. The van der Waals surface area contributed by atoms with E-state index in [9.17, 15) is 9.90 Å².